The molecule has 2 fully saturated rings. The van der Waals surface area contributed by atoms with Crippen LogP contribution in [0.15, 0.2) is 0 Å². The molecule has 2 rings (SSSR count). The van der Waals surface area contributed by atoms with E-state index < -0.39 is 0 Å². The smallest absolute Gasteiger partial charge is 0.0249 e. The van der Waals surface area contributed by atoms with Gasteiger partial charge < -0.3 is 0 Å². The molecule has 0 aliphatic carbocycles. The molecule has 106 valence electrons. The number of fused-ring (bicyclic) bond motifs is 1. The molecule has 4 unspecified atom stereocenters. The van der Waals surface area contributed by atoms with E-state index >= 15 is 0 Å². The Morgan fingerprint density at radius 3 is 2.44 bits per heavy atom. The van der Waals surface area contributed by atoms with Gasteiger partial charge in [-0.1, -0.05) is 34.1 Å². The van der Waals surface area contributed by atoms with Crippen molar-refractivity contribution in [1.82, 2.24) is 9.80 Å². The van der Waals surface area contributed by atoms with Crippen LogP contribution in [0.1, 0.15) is 53.9 Å². The third-order valence-corrected chi connectivity index (χ3v) is 5.53. The zero-order valence-electron chi connectivity index (χ0n) is 13.0. The maximum Gasteiger partial charge on any atom is 0.0249 e. The van der Waals surface area contributed by atoms with Crippen molar-refractivity contribution < 1.29 is 0 Å². The Kier molecular flexibility index (Phi) is 4.71. The average molecular weight is 252 g/mol. The van der Waals surface area contributed by atoms with Crippen molar-refractivity contribution in [3.8, 4) is 0 Å². The van der Waals surface area contributed by atoms with Crippen molar-refractivity contribution in [2.75, 3.05) is 19.6 Å². The van der Waals surface area contributed by atoms with E-state index in [1.54, 1.807) is 0 Å². The summed E-state index contributed by atoms with van der Waals surface area (Å²) in [4.78, 5) is 5.59. The molecule has 2 aliphatic rings. The predicted molar refractivity (Wildman–Crippen MR) is 78.8 cm³/mol. The van der Waals surface area contributed by atoms with Crippen LogP contribution in [0.2, 0.25) is 0 Å². The Bertz CT molecular complexity index is 264. The molecule has 2 saturated heterocycles. The van der Waals surface area contributed by atoms with Gasteiger partial charge >= 0.3 is 0 Å². The molecule has 0 spiro atoms. The predicted octanol–water partition coefficient (Wildman–Crippen LogP) is 3.23. The minimum absolute atomic E-state index is 0.741. The fraction of sp³-hybridized carbons (Fsp3) is 1.00. The second-order valence-electron chi connectivity index (χ2n) is 6.93. The largest absolute Gasteiger partial charge is 0.298 e. The van der Waals surface area contributed by atoms with Gasteiger partial charge in [0, 0.05) is 31.2 Å². The molecular formula is C16H32N2. The zero-order valence-corrected chi connectivity index (χ0v) is 13.0. The van der Waals surface area contributed by atoms with Crippen LogP contribution in [0.3, 0.4) is 0 Å². The second-order valence-corrected chi connectivity index (χ2v) is 6.93. The maximum atomic E-state index is 2.84. The van der Waals surface area contributed by atoms with Crippen LogP contribution < -0.4 is 0 Å². The van der Waals surface area contributed by atoms with E-state index in [1.807, 2.05) is 0 Å². The molecule has 0 amide bonds. The Morgan fingerprint density at radius 2 is 1.83 bits per heavy atom. The Morgan fingerprint density at radius 1 is 1.11 bits per heavy atom. The summed E-state index contributed by atoms with van der Waals surface area (Å²) in [6, 6.07) is 2.36. The molecular weight excluding hydrogens is 220 g/mol. The van der Waals surface area contributed by atoms with Crippen molar-refractivity contribution in [2.45, 2.75) is 72.0 Å². The van der Waals surface area contributed by atoms with E-state index in [9.17, 15) is 0 Å². The highest BCUT2D eigenvalue weighted by Crippen LogP contribution is 2.31. The molecule has 0 aromatic heterocycles. The molecule has 18 heavy (non-hydrogen) atoms. The van der Waals surface area contributed by atoms with E-state index in [-0.39, 0.29) is 0 Å². The van der Waals surface area contributed by atoms with Crippen molar-refractivity contribution in [1.29, 1.82) is 0 Å². The van der Waals surface area contributed by atoms with Gasteiger partial charge in [0.05, 0.1) is 0 Å². The minimum Gasteiger partial charge on any atom is -0.298 e. The van der Waals surface area contributed by atoms with Gasteiger partial charge in [0.15, 0.2) is 0 Å². The summed E-state index contributed by atoms with van der Waals surface area (Å²) in [6.07, 6.45) is 4.15. The highest BCUT2D eigenvalue weighted by molar-refractivity contribution is 4.95. The molecule has 4 atom stereocenters. The molecule has 0 bridgehead atoms. The van der Waals surface area contributed by atoms with E-state index in [0.29, 0.717) is 0 Å². The SMILES string of the molecule is CCC(C)C(C)N1CC2CCCN2CC1C(C)C. The molecule has 0 aromatic rings. The lowest BCUT2D eigenvalue weighted by atomic mass is 9.91. The molecule has 2 nitrogen and oxygen atoms in total. The van der Waals surface area contributed by atoms with Gasteiger partial charge in [-0.25, -0.2) is 0 Å². The monoisotopic (exact) mass is 252 g/mol. The fourth-order valence-corrected chi connectivity index (χ4v) is 3.80. The molecule has 2 heteroatoms. The lowest BCUT2D eigenvalue weighted by molar-refractivity contribution is -0.00975. The summed E-state index contributed by atoms with van der Waals surface area (Å²) in [5.41, 5.74) is 0. The first kappa shape index (κ1) is 14.3. The summed E-state index contributed by atoms with van der Waals surface area (Å²) in [7, 11) is 0. The Hall–Kier alpha value is -0.0800. The van der Waals surface area contributed by atoms with Crippen LogP contribution in [0.25, 0.3) is 0 Å². The van der Waals surface area contributed by atoms with E-state index in [4.69, 9.17) is 0 Å². The first-order chi connectivity index (χ1) is 8.54. The number of nitrogens with zero attached hydrogens (tertiary/aromatic N) is 2. The van der Waals surface area contributed by atoms with E-state index in [0.717, 1.165) is 30.0 Å². The average Bonchev–Trinajstić information content (AvgIpc) is 2.82. The second kappa shape index (κ2) is 5.92. The first-order valence-corrected chi connectivity index (χ1v) is 8.04. The standard InChI is InChI=1S/C16H32N2/c1-6-13(4)14(5)18-10-15-8-7-9-17(15)11-16(18)12(2)3/h12-16H,6-11H2,1-5H3. The van der Waals surface area contributed by atoms with Gasteiger partial charge in [0.2, 0.25) is 0 Å². The van der Waals surface area contributed by atoms with Crippen LogP contribution in [-0.4, -0.2) is 47.6 Å². The summed E-state index contributed by atoms with van der Waals surface area (Å²) in [6.45, 7) is 16.0. The van der Waals surface area contributed by atoms with Crippen LogP contribution in [0.4, 0.5) is 0 Å². The number of hydrogen-bond acceptors (Lipinski definition) is 2. The van der Waals surface area contributed by atoms with E-state index in [1.165, 1.54) is 38.9 Å². The van der Waals surface area contributed by atoms with Gasteiger partial charge in [-0.3, -0.25) is 9.80 Å². The summed E-state index contributed by atoms with van der Waals surface area (Å²) >= 11 is 0. The lowest BCUT2D eigenvalue weighted by Gasteiger charge is -2.49. The summed E-state index contributed by atoms with van der Waals surface area (Å²) in [5.74, 6) is 1.59. The van der Waals surface area contributed by atoms with Gasteiger partial charge in [-0.2, -0.15) is 0 Å². The molecule has 2 heterocycles. The van der Waals surface area contributed by atoms with Gasteiger partial charge in [0.1, 0.15) is 0 Å². The highest BCUT2D eigenvalue weighted by Gasteiger charge is 2.39. The van der Waals surface area contributed by atoms with Gasteiger partial charge in [-0.15, -0.1) is 0 Å². The van der Waals surface area contributed by atoms with Crippen molar-refractivity contribution in [3.63, 3.8) is 0 Å². The van der Waals surface area contributed by atoms with Crippen LogP contribution in [-0.2, 0) is 0 Å². The van der Waals surface area contributed by atoms with Gasteiger partial charge in [0.25, 0.3) is 0 Å². The lowest BCUT2D eigenvalue weighted by Crippen LogP contribution is -2.61. The number of rotatable bonds is 4. The quantitative estimate of drug-likeness (QED) is 0.758. The van der Waals surface area contributed by atoms with Crippen molar-refractivity contribution in [3.05, 3.63) is 0 Å². The van der Waals surface area contributed by atoms with Crippen LogP contribution in [0.5, 0.6) is 0 Å². The normalized spacial score (nSPS) is 33.7. The molecule has 2 aliphatic heterocycles. The molecule has 0 radical (unpaired) electrons. The topological polar surface area (TPSA) is 6.48 Å². The number of piperazine rings is 1. The third kappa shape index (κ3) is 2.75. The fourth-order valence-electron chi connectivity index (χ4n) is 3.80. The summed E-state index contributed by atoms with van der Waals surface area (Å²) in [5, 5.41) is 0. The molecule has 0 aromatic carbocycles. The zero-order chi connectivity index (χ0) is 13.3. The van der Waals surface area contributed by atoms with E-state index in [2.05, 4.69) is 44.4 Å². The Balaban J connectivity index is 2.09. The van der Waals surface area contributed by atoms with Crippen LogP contribution >= 0.6 is 0 Å². The Labute approximate surface area is 114 Å². The number of hydrogen-bond donors (Lipinski definition) is 0. The minimum atomic E-state index is 0.741. The van der Waals surface area contributed by atoms with Crippen molar-refractivity contribution >= 4 is 0 Å². The first-order valence-electron chi connectivity index (χ1n) is 8.04. The maximum absolute atomic E-state index is 2.84. The molecule has 0 N–H and O–H groups in total. The highest BCUT2D eigenvalue weighted by atomic mass is 15.3. The van der Waals surface area contributed by atoms with Crippen molar-refractivity contribution in [2.24, 2.45) is 11.8 Å². The summed E-state index contributed by atoms with van der Waals surface area (Å²) < 4.78 is 0. The molecule has 0 saturated carbocycles. The third-order valence-electron chi connectivity index (χ3n) is 5.53. The van der Waals surface area contributed by atoms with Gasteiger partial charge in [-0.05, 0) is 38.1 Å². The van der Waals surface area contributed by atoms with Crippen LogP contribution in [0, 0.1) is 11.8 Å².